The molecule has 0 radical (unpaired) electrons. The minimum absolute atomic E-state index is 0.384. The molecule has 0 fully saturated rings. The van der Waals surface area contributed by atoms with Crippen LogP contribution < -0.4 is 10.7 Å². The lowest BCUT2D eigenvalue weighted by molar-refractivity contribution is -0.128. The summed E-state index contributed by atoms with van der Waals surface area (Å²) in [4.78, 5) is 25.3. The second-order valence-corrected chi connectivity index (χ2v) is 5.84. The predicted molar refractivity (Wildman–Crippen MR) is 98.1 cm³/mol. The fraction of sp³-hybridized carbons (Fsp3) is 0.158. The number of amides is 2. The topological polar surface area (TPSA) is 109 Å². The van der Waals surface area contributed by atoms with Crippen molar-refractivity contribution >= 4 is 11.8 Å². The van der Waals surface area contributed by atoms with Gasteiger partial charge in [-0.3, -0.25) is 15.0 Å². The SMILES string of the molecule is O=C(Nn1cnnc1)C(CO)NC(=O)C(c1ccccc1)c1ccccc1. The monoisotopic (exact) mass is 365 g/mol. The van der Waals surface area contributed by atoms with Crippen molar-refractivity contribution in [2.75, 3.05) is 12.0 Å². The standard InChI is InChI=1S/C19H19N5O3/c25-11-16(18(26)23-24-12-20-21-13-24)22-19(27)17(14-7-3-1-4-8-14)15-9-5-2-6-10-15/h1-10,12-13,16-17,25H,11H2,(H,22,27)(H,23,26). The van der Waals surface area contributed by atoms with Crippen LogP contribution in [0.2, 0.25) is 0 Å². The van der Waals surface area contributed by atoms with Crippen LogP contribution in [0.25, 0.3) is 0 Å². The summed E-state index contributed by atoms with van der Waals surface area (Å²) in [5, 5.41) is 19.4. The Morgan fingerprint density at radius 1 is 0.889 bits per heavy atom. The highest BCUT2D eigenvalue weighted by molar-refractivity contribution is 5.95. The molecule has 0 bridgehead atoms. The van der Waals surface area contributed by atoms with Crippen LogP contribution in [0.5, 0.6) is 0 Å². The van der Waals surface area contributed by atoms with E-state index in [2.05, 4.69) is 20.9 Å². The second-order valence-electron chi connectivity index (χ2n) is 5.84. The summed E-state index contributed by atoms with van der Waals surface area (Å²) in [5.41, 5.74) is 4.05. The molecule has 0 aliphatic carbocycles. The zero-order valence-electron chi connectivity index (χ0n) is 14.4. The molecule has 0 aliphatic rings. The van der Waals surface area contributed by atoms with Crippen molar-refractivity contribution < 1.29 is 14.7 Å². The van der Waals surface area contributed by atoms with Crippen LogP contribution in [0.1, 0.15) is 17.0 Å². The lowest BCUT2D eigenvalue weighted by atomic mass is 9.90. The maximum atomic E-state index is 13.0. The summed E-state index contributed by atoms with van der Waals surface area (Å²) in [5.74, 6) is -1.57. The molecule has 27 heavy (non-hydrogen) atoms. The first kappa shape index (κ1) is 18.3. The van der Waals surface area contributed by atoms with Gasteiger partial charge in [-0.05, 0) is 11.1 Å². The highest BCUT2D eigenvalue weighted by Crippen LogP contribution is 2.24. The Morgan fingerprint density at radius 3 is 1.89 bits per heavy atom. The van der Waals surface area contributed by atoms with E-state index in [0.29, 0.717) is 0 Å². The van der Waals surface area contributed by atoms with Crippen LogP contribution in [-0.2, 0) is 9.59 Å². The number of nitrogens with zero attached hydrogens (tertiary/aromatic N) is 3. The Morgan fingerprint density at radius 2 is 1.41 bits per heavy atom. The maximum Gasteiger partial charge on any atom is 0.263 e. The van der Waals surface area contributed by atoms with Crippen molar-refractivity contribution in [2.45, 2.75) is 12.0 Å². The van der Waals surface area contributed by atoms with Crippen molar-refractivity contribution in [3.8, 4) is 0 Å². The normalized spacial score (nSPS) is 11.8. The number of nitrogens with one attached hydrogen (secondary N) is 2. The first-order chi connectivity index (χ1) is 13.2. The van der Waals surface area contributed by atoms with Crippen molar-refractivity contribution in [1.82, 2.24) is 20.2 Å². The fourth-order valence-corrected chi connectivity index (χ4v) is 2.70. The Labute approximate surface area is 155 Å². The van der Waals surface area contributed by atoms with E-state index in [1.54, 1.807) is 0 Å². The third-order valence-electron chi connectivity index (χ3n) is 4.00. The molecule has 2 aromatic carbocycles. The van der Waals surface area contributed by atoms with E-state index in [1.807, 2.05) is 60.7 Å². The first-order valence-corrected chi connectivity index (χ1v) is 8.35. The Bertz CT molecular complexity index is 829. The number of carbonyl (C=O) groups is 2. The summed E-state index contributed by atoms with van der Waals surface area (Å²) in [7, 11) is 0. The van der Waals surface area contributed by atoms with Gasteiger partial charge >= 0.3 is 0 Å². The highest BCUT2D eigenvalue weighted by Gasteiger charge is 2.27. The lowest BCUT2D eigenvalue weighted by Crippen LogP contribution is -2.49. The second kappa shape index (κ2) is 8.72. The fourth-order valence-electron chi connectivity index (χ4n) is 2.70. The molecule has 138 valence electrons. The molecule has 0 spiro atoms. The van der Waals surface area contributed by atoms with Crippen LogP contribution in [0.4, 0.5) is 0 Å². The van der Waals surface area contributed by atoms with Gasteiger partial charge in [0.2, 0.25) is 5.91 Å². The van der Waals surface area contributed by atoms with Gasteiger partial charge < -0.3 is 10.4 Å². The summed E-state index contributed by atoms with van der Waals surface area (Å²) in [6, 6.07) is 17.4. The quantitative estimate of drug-likeness (QED) is 0.570. The van der Waals surface area contributed by atoms with E-state index in [0.717, 1.165) is 11.1 Å². The van der Waals surface area contributed by atoms with E-state index in [4.69, 9.17) is 0 Å². The molecule has 3 aromatic rings. The molecule has 1 unspecified atom stereocenters. The van der Waals surface area contributed by atoms with Crippen LogP contribution in [0.3, 0.4) is 0 Å². The molecule has 1 atom stereocenters. The van der Waals surface area contributed by atoms with Gasteiger partial charge in [-0.15, -0.1) is 10.2 Å². The van der Waals surface area contributed by atoms with Crippen LogP contribution >= 0.6 is 0 Å². The largest absolute Gasteiger partial charge is 0.394 e. The molecule has 3 rings (SSSR count). The van der Waals surface area contributed by atoms with Crippen LogP contribution in [0.15, 0.2) is 73.3 Å². The van der Waals surface area contributed by atoms with Gasteiger partial charge in [0.05, 0.1) is 12.5 Å². The molecule has 0 saturated heterocycles. The number of aliphatic hydroxyl groups is 1. The van der Waals surface area contributed by atoms with Crippen molar-refractivity contribution in [3.05, 3.63) is 84.4 Å². The molecule has 8 nitrogen and oxygen atoms in total. The average molecular weight is 365 g/mol. The highest BCUT2D eigenvalue weighted by atomic mass is 16.3. The molecular formula is C19H19N5O3. The number of benzene rings is 2. The smallest absolute Gasteiger partial charge is 0.263 e. The van der Waals surface area contributed by atoms with Crippen molar-refractivity contribution in [3.63, 3.8) is 0 Å². The van der Waals surface area contributed by atoms with Gasteiger partial charge in [-0.2, -0.15) is 0 Å². The maximum absolute atomic E-state index is 13.0. The first-order valence-electron chi connectivity index (χ1n) is 8.35. The van der Waals surface area contributed by atoms with Gasteiger partial charge in [-0.25, -0.2) is 4.68 Å². The van der Waals surface area contributed by atoms with Gasteiger partial charge in [0.15, 0.2) is 0 Å². The summed E-state index contributed by atoms with van der Waals surface area (Å²) < 4.78 is 1.24. The zero-order valence-corrected chi connectivity index (χ0v) is 14.4. The van der Waals surface area contributed by atoms with E-state index < -0.39 is 24.5 Å². The molecule has 3 N–H and O–H groups in total. The van der Waals surface area contributed by atoms with Gasteiger partial charge in [0, 0.05) is 0 Å². The molecule has 8 heteroatoms. The number of rotatable bonds is 7. The van der Waals surface area contributed by atoms with E-state index in [1.165, 1.54) is 17.3 Å². The van der Waals surface area contributed by atoms with Crippen molar-refractivity contribution in [2.24, 2.45) is 0 Å². The molecule has 0 saturated carbocycles. The van der Waals surface area contributed by atoms with E-state index in [-0.39, 0.29) is 5.91 Å². The van der Waals surface area contributed by atoms with E-state index >= 15 is 0 Å². The molecular weight excluding hydrogens is 346 g/mol. The summed E-state index contributed by atoms with van der Waals surface area (Å²) in [6.45, 7) is -0.546. The molecule has 0 aliphatic heterocycles. The lowest BCUT2D eigenvalue weighted by Gasteiger charge is -2.22. The molecule has 2 amide bonds. The minimum Gasteiger partial charge on any atom is -0.394 e. The third-order valence-corrected chi connectivity index (χ3v) is 4.00. The molecule has 1 aromatic heterocycles. The predicted octanol–water partition coefficient (Wildman–Crippen LogP) is 0.657. The zero-order chi connectivity index (χ0) is 19.1. The van der Waals surface area contributed by atoms with Crippen LogP contribution in [-0.4, -0.2) is 44.4 Å². The molecule has 1 heterocycles. The number of hydrogen-bond acceptors (Lipinski definition) is 5. The number of hydrogen-bond donors (Lipinski definition) is 3. The minimum atomic E-state index is -1.12. The number of aromatic nitrogens is 3. The third kappa shape index (κ3) is 4.56. The Balaban J connectivity index is 1.80. The number of aliphatic hydroxyl groups excluding tert-OH is 1. The Kier molecular flexibility index (Phi) is 5.91. The number of carbonyl (C=O) groups excluding carboxylic acids is 2. The van der Waals surface area contributed by atoms with Crippen LogP contribution in [0, 0.1) is 0 Å². The van der Waals surface area contributed by atoms with E-state index in [9.17, 15) is 14.7 Å². The van der Waals surface area contributed by atoms with Gasteiger partial charge in [0.1, 0.15) is 18.7 Å². The van der Waals surface area contributed by atoms with Crippen molar-refractivity contribution in [1.29, 1.82) is 0 Å². The summed E-state index contributed by atoms with van der Waals surface area (Å²) in [6.07, 6.45) is 2.59. The average Bonchev–Trinajstić information content (AvgIpc) is 3.21. The van der Waals surface area contributed by atoms with Gasteiger partial charge in [0.25, 0.3) is 5.91 Å². The Hall–Kier alpha value is -3.52. The summed E-state index contributed by atoms with van der Waals surface area (Å²) >= 11 is 0. The van der Waals surface area contributed by atoms with Gasteiger partial charge in [-0.1, -0.05) is 60.7 Å².